The van der Waals surface area contributed by atoms with Gasteiger partial charge in [0.15, 0.2) is 5.03 Å². The highest BCUT2D eigenvalue weighted by Gasteiger charge is 2.45. The average Bonchev–Trinajstić information content (AvgIpc) is 2.95. The van der Waals surface area contributed by atoms with Crippen molar-refractivity contribution in [3.8, 4) is 11.1 Å². The van der Waals surface area contributed by atoms with E-state index in [-0.39, 0.29) is 34.1 Å². The van der Waals surface area contributed by atoms with E-state index in [2.05, 4.69) is 15.9 Å². The highest BCUT2D eigenvalue weighted by molar-refractivity contribution is 9.10. The van der Waals surface area contributed by atoms with Crippen LogP contribution in [0.2, 0.25) is 0 Å². The third kappa shape index (κ3) is 5.05. The Morgan fingerprint density at radius 3 is 2.40 bits per heavy atom. The molecule has 1 atom stereocenters. The molecule has 0 fully saturated rings. The van der Waals surface area contributed by atoms with E-state index < -0.39 is 50.4 Å². The first-order chi connectivity index (χ1) is 19.8. The first-order valence-electron chi connectivity index (χ1n) is 13.0. The number of halogens is 4. The lowest BCUT2D eigenvalue weighted by Crippen LogP contribution is -2.52. The predicted octanol–water partition coefficient (Wildman–Crippen LogP) is 6.17. The summed E-state index contributed by atoms with van der Waals surface area (Å²) < 4.78 is 76.9. The lowest BCUT2D eigenvalue weighted by Gasteiger charge is -2.37. The Hall–Kier alpha value is -3.48. The number of ether oxygens (including phenoxy) is 1. The second-order valence-corrected chi connectivity index (χ2v) is 12.8. The van der Waals surface area contributed by atoms with E-state index in [1.807, 2.05) is 42.5 Å². The van der Waals surface area contributed by atoms with Crippen LogP contribution in [0.15, 0.2) is 81.0 Å². The number of nitrogens with zero attached hydrogens (tertiary/aromatic N) is 2. The van der Waals surface area contributed by atoms with Gasteiger partial charge in [0.2, 0.25) is 0 Å². The Balaban J connectivity index is 1.94. The zero-order chi connectivity index (χ0) is 30.6. The van der Waals surface area contributed by atoms with Gasteiger partial charge < -0.3 is 4.74 Å². The second-order valence-electron chi connectivity index (χ2n) is 10.2. The van der Waals surface area contributed by atoms with Crippen LogP contribution in [0.25, 0.3) is 21.9 Å². The number of pyridine rings is 1. The van der Waals surface area contributed by atoms with Crippen molar-refractivity contribution >= 4 is 42.7 Å². The molecule has 1 aromatic heterocycles. The lowest BCUT2D eigenvalue weighted by molar-refractivity contribution is -0.145. The Morgan fingerprint density at radius 2 is 1.74 bits per heavy atom. The standard InChI is InChI=1S/C30H26BrF3N2O5S/c1-17(2)35-16-24(29(38)41-3)36-27(37)26(31)23(15-19-10-6-9-18-8-4-5-13-22(18)19)25(28(36)42(35,39)40)20-11-7-12-21(14-20)30(32,33)34/h4-14,17,24H,15-16H2,1-3H3. The molecule has 220 valence electrons. The van der Waals surface area contributed by atoms with Crippen molar-refractivity contribution in [3.05, 3.63) is 98.2 Å². The molecule has 0 amide bonds. The molecule has 0 spiro atoms. The summed E-state index contributed by atoms with van der Waals surface area (Å²) in [5, 5.41) is 1.17. The van der Waals surface area contributed by atoms with Crippen LogP contribution >= 0.6 is 15.9 Å². The Bertz CT molecular complexity index is 1880. The number of esters is 1. The van der Waals surface area contributed by atoms with Crippen molar-refractivity contribution in [2.75, 3.05) is 13.7 Å². The molecule has 0 aliphatic carbocycles. The van der Waals surface area contributed by atoms with Crippen molar-refractivity contribution in [1.82, 2.24) is 8.87 Å². The molecule has 1 aliphatic rings. The van der Waals surface area contributed by atoms with Crippen molar-refractivity contribution in [3.63, 3.8) is 0 Å². The molecule has 7 nitrogen and oxygen atoms in total. The van der Waals surface area contributed by atoms with Gasteiger partial charge in [-0.1, -0.05) is 54.6 Å². The number of alkyl halides is 3. The van der Waals surface area contributed by atoms with Crippen LogP contribution in [0.3, 0.4) is 0 Å². The average molecular weight is 664 g/mol. The third-order valence-corrected chi connectivity index (χ3v) is 10.3. The molecule has 0 radical (unpaired) electrons. The van der Waals surface area contributed by atoms with E-state index in [1.165, 1.54) is 12.1 Å². The van der Waals surface area contributed by atoms with Gasteiger partial charge in [0.05, 0.1) is 17.1 Å². The Morgan fingerprint density at radius 1 is 1.07 bits per heavy atom. The summed E-state index contributed by atoms with van der Waals surface area (Å²) in [5.74, 6) is -0.859. The van der Waals surface area contributed by atoms with Gasteiger partial charge in [-0.05, 0) is 69.4 Å². The highest BCUT2D eigenvalue weighted by atomic mass is 79.9. The minimum absolute atomic E-state index is 0.0106. The highest BCUT2D eigenvalue weighted by Crippen LogP contribution is 2.42. The van der Waals surface area contributed by atoms with E-state index >= 15 is 0 Å². The maximum absolute atomic E-state index is 14.2. The molecule has 0 saturated carbocycles. The Kier molecular flexibility index (Phi) is 7.84. The fourth-order valence-electron chi connectivity index (χ4n) is 5.44. The van der Waals surface area contributed by atoms with Crippen molar-refractivity contribution < 1.29 is 31.1 Å². The van der Waals surface area contributed by atoms with E-state index in [1.54, 1.807) is 13.8 Å². The summed E-state index contributed by atoms with van der Waals surface area (Å²) in [6.07, 6.45) is -4.71. The van der Waals surface area contributed by atoms with Crippen LogP contribution in [0.5, 0.6) is 0 Å². The van der Waals surface area contributed by atoms with Crippen molar-refractivity contribution in [2.24, 2.45) is 0 Å². The lowest BCUT2D eigenvalue weighted by atomic mass is 9.93. The van der Waals surface area contributed by atoms with Crippen LogP contribution in [0, 0.1) is 0 Å². The van der Waals surface area contributed by atoms with E-state index in [0.717, 1.165) is 44.5 Å². The summed E-state index contributed by atoms with van der Waals surface area (Å²) in [6.45, 7) is 2.84. The van der Waals surface area contributed by atoms with Crippen molar-refractivity contribution in [1.29, 1.82) is 0 Å². The molecule has 1 aliphatic heterocycles. The molecule has 3 aromatic carbocycles. The summed E-state index contributed by atoms with van der Waals surface area (Å²) in [5.41, 5.74) is -1.06. The SMILES string of the molecule is COC(=O)C1CN(C(C)C)S(=O)(=O)c2c(-c3cccc(C(F)(F)F)c3)c(Cc3cccc4ccccc34)c(Br)c(=O)n21. The normalized spacial score (nSPS) is 16.9. The fourth-order valence-corrected chi connectivity index (χ4v) is 8.04. The summed E-state index contributed by atoms with van der Waals surface area (Å²) in [4.78, 5) is 26.9. The van der Waals surface area contributed by atoms with Crippen LogP contribution in [-0.4, -0.2) is 43.0 Å². The molecule has 5 rings (SSSR count). The number of benzene rings is 3. The van der Waals surface area contributed by atoms with Gasteiger partial charge >= 0.3 is 12.1 Å². The number of carbonyl (C=O) groups excluding carboxylic acids is 1. The van der Waals surface area contributed by atoms with Crippen LogP contribution in [0.4, 0.5) is 13.2 Å². The molecule has 1 unspecified atom stereocenters. The first kappa shape index (κ1) is 30.0. The molecule has 4 aromatic rings. The third-order valence-electron chi connectivity index (χ3n) is 7.40. The summed E-state index contributed by atoms with van der Waals surface area (Å²) in [7, 11) is -3.38. The molecular formula is C30H26BrF3N2O5S. The molecule has 0 N–H and O–H groups in total. The minimum Gasteiger partial charge on any atom is -0.467 e. The van der Waals surface area contributed by atoms with Crippen molar-refractivity contribution in [2.45, 2.75) is 43.6 Å². The molecule has 0 saturated heterocycles. The maximum Gasteiger partial charge on any atom is 0.416 e. The second kappa shape index (κ2) is 11.0. The van der Waals surface area contributed by atoms with Crippen LogP contribution in [-0.2, 0) is 32.2 Å². The van der Waals surface area contributed by atoms with Gasteiger partial charge in [-0.15, -0.1) is 0 Å². The monoisotopic (exact) mass is 662 g/mol. The van der Waals surface area contributed by atoms with Gasteiger partial charge in [-0.3, -0.25) is 9.36 Å². The van der Waals surface area contributed by atoms with Gasteiger partial charge in [-0.25, -0.2) is 13.2 Å². The van der Waals surface area contributed by atoms with E-state index in [9.17, 15) is 31.2 Å². The largest absolute Gasteiger partial charge is 0.467 e. The van der Waals surface area contributed by atoms with Gasteiger partial charge in [0, 0.05) is 24.6 Å². The number of rotatable bonds is 5. The summed E-state index contributed by atoms with van der Waals surface area (Å²) >= 11 is 3.35. The smallest absolute Gasteiger partial charge is 0.416 e. The molecule has 2 heterocycles. The number of aromatic nitrogens is 1. The van der Waals surface area contributed by atoms with E-state index in [0.29, 0.717) is 0 Å². The minimum atomic E-state index is -4.72. The number of sulfonamides is 1. The van der Waals surface area contributed by atoms with Crippen LogP contribution in [0.1, 0.15) is 36.6 Å². The number of methoxy groups -OCH3 is 1. The van der Waals surface area contributed by atoms with E-state index in [4.69, 9.17) is 4.74 Å². The number of fused-ring (bicyclic) bond motifs is 2. The number of hydrogen-bond donors (Lipinski definition) is 0. The summed E-state index contributed by atoms with van der Waals surface area (Å²) in [6, 6.07) is 15.3. The molecule has 0 bridgehead atoms. The van der Waals surface area contributed by atoms with Gasteiger partial charge in [-0.2, -0.15) is 17.5 Å². The number of carbonyl (C=O) groups is 1. The molecular weight excluding hydrogens is 637 g/mol. The first-order valence-corrected chi connectivity index (χ1v) is 15.2. The fraction of sp³-hybridized carbons (Fsp3) is 0.267. The van der Waals surface area contributed by atoms with Gasteiger partial charge in [0.1, 0.15) is 6.04 Å². The topological polar surface area (TPSA) is 85.7 Å². The zero-order valence-electron chi connectivity index (χ0n) is 22.8. The zero-order valence-corrected chi connectivity index (χ0v) is 25.2. The number of hydrogen-bond acceptors (Lipinski definition) is 5. The Labute approximate surface area is 248 Å². The maximum atomic E-state index is 14.2. The van der Waals surface area contributed by atoms with Crippen LogP contribution < -0.4 is 5.56 Å². The predicted molar refractivity (Wildman–Crippen MR) is 156 cm³/mol. The molecule has 42 heavy (non-hydrogen) atoms. The quantitative estimate of drug-likeness (QED) is 0.239. The van der Waals surface area contributed by atoms with Gasteiger partial charge in [0.25, 0.3) is 15.6 Å². The molecule has 12 heteroatoms.